The van der Waals surface area contributed by atoms with Crippen LogP contribution < -0.4 is 10.5 Å². The van der Waals surface area contributed by atoms with E-state index in [2.05, 4.69) is 5.32 Å². The number of rotatable bonds is 8. The summed E-state index contributed by atoms with van der Waals surface area (Å²) in [5.41, 5.74) is 0.654. The number of benzene rings is 2. The molecule has 0 radical (unpaired) electrons. The summed E-state index contributed by atoms with van der Waals surface area (Å²) < 4.78 is 46.4. The molecule has 0 saturated heterocycles. The largest absolute Gasteiger partial charge is 0.462 e. The molecule has 0 saturated carbocycles. The summed E-state index contributed by atoms with van der Waals surface area (Å²) in [4.78, 5) is 36.8. The highest BCUT2D eigenvalue weighted by Gasteiger charge is 2.22. The van der Waals surface area contributed by atoms with Gasteiger partial charge in [0.25, 0.3) is 5.91 Å². The van der Waals surface area contributed by atoms with Crippen molar-refractivity contribution in [2.24, 2.45) is 5.14 Å². The van der Waals surface area contributed by atoms with Gasteiger partial charge in [-0.2, -0.15) is 0 Å². The number of hydrogen-bond acceptors (Lipinski definition) is 8. The van der Waals surface area contributed by atoms with Crippen molar-refractivity contribution in [3.63, 3.8) is 0 Å². The maximum absolute atomic E-state index is 13.7. The van der Waals surface area contributed by atoms with Crippen molar-refractivity contribution in [2.45, 2.75) is 11.8 Å². The van der Waals surface area contributed by atoms with Gasteiger partial charge in [-0.05, 0) is 36.8 Å². The van der Waals surface area contributed by atoms with Crippen LogP contribution in [0.4, 0.5) is 9.39 Å². The van der Waals surface area contributed by atoms with E-state index in [9.17, 15) is 27.2 Å². The minimum atomic E-state index is -4.40. The van der Waals surface area contributed by atoms with E-state index in [1.165, 1.54) is 0 Å². The Kier molecular flexibility index (Phi) is 7.76. The summed E-state index contributed by atoms with van der Waals surface area (Å²) >= 11 is 1.14. The fraction of sp³-hybridized carbons (Fsp3) is 0.136. The Labute approximate surface area is 198 Å². The molecule has 1 aromatic heterocycles. The summed E-state index contributed by atoms with van der Waals surface area (Å²) in [5.74, 6) is -3.58. The van der Waals surface area contributed by atoms with Gasteiger partial charge in [-0.15, -0.1) is 11.3 Å². The highest BCUT2D eigenvalue weighted by Crippen LogP contribution is 2.36. The smallest absolute Gasteiger partial charge is 0.341 e. The Morgan fingerprint density at radius 3 is 2.38 bits per heavy atom. The first-order valence-corrected chi connectivity index (χ1v) is 12.1. The van der Waals surface area contributed by atoms with Crippen LogP contribution in [0.3, 0.4) is 0 Å². The van der Waals surface area contributed by atoms with Gasteiger partial charge in [-0.1, -0.05) is 30.3 Å². The van der Waals surface area contributed by atoms with Gasteiger partial charge in [0.2, 0.25) is 10.0 Å². The molecule has 178 valence electrons. The summed E-state index contributed by atoms with van der Waals surface area (Å²) in [6, 6.07) is 13.2. The second kappa shape index (κ2) is 10.5. The zero-order chi connectivity index (χ0) is 24.9. The van der Waals surface area contributed by atoms with Crippen molar-refractivity contribution in [2.75, 3.05) is 18.5 Å². The molecule has 2 aromatic carbocycles. The quantitative estimate of drug-likeness (QED) is 0.447. The van der Waals surface area contributed by atoms with Crippen LogP contribution in [-0.2, 0) is 24.3 Å². The Hall–Kier alpha value is -3.61. The van der Waals surface area contributed by atoms with E-state index in [-0.39, 0.29) is 22.7 Å². The van der Waals surface area contributed by atoms with E-state index in [0.717, 1.165) is 35.1 Å². The predicted octanol–water partition coefficient (Wildman–Crippen LogP) is 3.17. The number of nitrogens with two attached hydrogens (primary N) is 1. The fourth-order valence-corrected chi connectivity index (χ4v) is 4.51. The van der Waals surface area contributed by atoms with Crippen LogP contribution in [-0.4, -0.2) is 39.5 Å². The van der Waals surface area contributed by atoms with Crippen molar-refractivity contribution in [1.82, 2.24) is 0 Å². The Bertz CT molecular complexity index is 1340. The lowest BCUT2D eigenvalue weighted by Crippen LogP contribution is -2.22. The number of ether oxygens (including phenoxy) is 2. The van der Waals surface area contributed by atoms with Crippen LogP contribution >= 0.6 is 11.3 Å². The maximum atomic E-state index is 13.7. The number of primary sulfonamides is 1. The first-order chi connectivity index (χ1) is 16.1. The number of halogens is 1. The minimum Gasteiger partial charge on any atom is -0.462 e. The summed E-state index contributed by atoms with van der Waals surface area (Å²) in [6.45, 7) is 1.04. The lowest BCUT2D eigenvalue weighted by atomic mass is 10.1. The fourth-order valence-electron chi connectivity index (χ4n) is 2.81. The summed E-state index contributed by atoms with van der Waals surface area (Å²) in [7, 11) is -4.40. The van der Waals surface area contributed by atoms with Crippen molar-refractivity contribution >= 4 is 44.2 Å². The zero-order valence-electron chi connectivity index (χ0n) is 17.7. The third kappa shape index (κ3) is 6.04. The molecule has 34 heavy (non-hydrogen) atoms. The van der Waals surface area contributed by atoms with Crippen LogP contribution in [0.1, 0.15) is 27.6 Å². The van der Waals surface area contributed by atoms with Crippen LogP contribution in [0, 0.1) is 5.82 Å². The first kappa shape index (κ1) is 25.0. The number of carbonyl (C=O) groups is 3. The summed E-state index contributed by atoms with van der Waals surface area (Å²) in [5, 5.41) is 7.64. The molecule has 3 N–H and O–H groups in total. The molecule has 0 aliphatic heterocycles. The Morgan fingerprint density at radius 1 is 1.03 bits per heavy atom. The van der Waals surface area contributed by atoms with Gasteiger partial charge in [0, 0.05) is 4.88 Å². The predicted molar refractivity (Wildman–Crippen MR) is 122 cm³/mol. The monoisotopic (exact) mass is 506 g/mol. The number of esters is 2. The highest BCUT2D eigenvalue weighted by molar-refractivity contribution is 7.89. The molecule has 0 spiro atoms. The number of hydrogen-bond donors (Lipinski definition) is 2. The van der Waals surface area contributed by atoms with E-state index in [4.69, 9.17) is 14.6 Å². The Balaban J connectivity index is 1.74. The molecule has 1 heterocycles. The van der Waals surface area contributed by atoms with E-state index >= 15 is 0 Å². The third-order valence-corrected chi connectivity index (χ3v) is 6.37. The average Bonchev–Trinajstić information content (AvgIpc) is 3.21. The number of anilines is 1. The van der Waals surface area contributed by atoms with Crippen molar-refractivity contribution in [1.29, 1.82) is 0 Å². The standard InChI is InChI=1S/C22H19FN2O7S2/c1-2-31-22(28)15-11-17(13-6-4-3-5-7-13)33-20(15)25-19(26)12-32-21(27)14-8-9-16(23)18(10-14)34(24,29)30/h3-11H,2,12H2,1H3,(H,25,26)(H2,24,29,30). The topological polar surface area (TPSA) is 142 Å². The van der Waals surface area contributed by atoms with Gasteiger partial charge in [0.1, 0.15) is 15.7 Å². The Morgan fingerprint density at radius 2 is 1.74 bits per heavy atom. The molecular weight excluding hydrogens is 487 g/mol. The van der Waals surface area contributed by atoms with Crippen molar-refractivity contribution < 1.29 is 36.7 Å². The molecular formula is C22H19FN2O7S2. The summed E-state index contributed by atoms with van der Waals surface area (Å²) in [6.07, 6.45) is 0. The number of sulfonamides is 1. The van der Waals surface area contributed by atoms with E-state index < -0.39 is 45.2 Å². The molecule has 0 aliphatic carbocycles. The third-order valence-electron chi connectivity index (χ3n) is 4.35. The molecule has 3 rings (SSSR count). The molecule has 0 bridgehead atoms. The van der Waals surface area contributed by atoms with Crippen LogP contribution in [0.25, 0.3) is 10.4 Å². The van der Waals surface area contributed by atoms with Gasteiger partial charge in [0.15, 0.2) is 6.61 Å². The normalized spacial score (nSPS) is 11.0. The lowest BCUT2D eigenvalue weighted by molar-refractivity contribution is -0.119. The highest BCUT2D eigenvalue weighted by atomic mass is 32.2. The maximum Gasteiger partial charge on any atom is 0.341 e. The molecule has 0 atom stereocenters. The number of amides is 1. The molecule has 0 unspecified atom stereocenters. The van der Waals surface area contributed by atoms with Crippen LogP contribution in [0.2, 0.25) is 0 Å². The lowest BCUT2D eigenvalue weighted by Gasteiger charge is -2.08. The second-order valence-electron chi connectivity index (χ2n) is 6.75. The molecule has 1 amide bonds. The molecule has 0 aliphatic rings. The van der Waals surface area contributed by atoms with E-state index in [1.54, 1.807) is 13.0 Å². The van der Waals surface area contributed by atoms with Gasteiger partial charge < -0.3 is 14.8 Å². The number of thiophene rings is 1. The van der Waals surface area contributed by atoms with Gasteiger partial charge in [-0.25, -0.2) is 27.5 Å². The van der Waals surface area contributed by atoms with Gasteiger partial charge in [-0.3, -0.25) is 4.79 Å². The number of nitrogens with one attached hydrogen (secondary N) is 1. The van der Waals surface area contributed by atoms with Crippen molar-refractivity contribution in [3.8, 4) is 10.4 Å². The van der Waals surface area contributed by atoms with E-state index in [1.807, 2.05) is 30.3 Å². The molecule has 9 nitrogen and oxygen atoms in total. The number of carbonyl (C=O) groups excluding carboxylic acids is 3. The van der Waals surface area contributed by atoms with Crippen LogP contribution in [0.5, 0.6) is 0 Å². The second-order valence-corrected chi connectivity index (χ2v) is 9.34. The van der Waals surface area contributed by atoms with E-state index in [0.29, 0.717) is 4.88 Å². The molecule has 12 heteroatoms. The van der Waals surface area contributed by atoms with Crippen molar-refractivity contribution in [3.05, 3.63) is 71.5 Å². The molecule has 3 aromatic rings. The SMILES string of the molecule is CCOC(=O)c1cc(-c2ccccc2)sc1NC(=O)COC(=O)c1ccc(F)c(S(N)(=O)=O)c1. The zero-order valence-corrected chi connectivity index (χ0v) is 19.4. The van der Waals surface area contributed by atoms with Gasteiger partial charge >= 0.3 is 11.9 Å². The first-order valence-electron chi connectivity index (χ1n) is 9.76. The molecule has 0 fully saturated rings. The average molecular weight is 507 g/mol. The van der Waals surface area contributed by atoms with Gasteiger partial charge in [0.05, 0.1) is 17.7 Å². The van der Waals surface area contributed by atoms with Crippen LogP contribution in [0.15, 0.2) is 59.5 Å². The minimum absolute atomic E-state index is 0.137.